The SMILES string of the molecule is O=C(c1ccccc1)C1CCc2ccc(C(F)(F)F)cc21. The van der Waals surface area contributed by atoms with E-state index in [0.717, 1.165) is 17.7 Å². The van der Waals surface area contributed by atoms with Crippen molar-refractivity contribution in [3.63, 3.8) is 0 Å². The smallest absolute Gasteiger partial charge is 0.293 e. The molecule has 0 amide bonds. The van der Waals surface area contributed by atoms with Crippen LogP contribution in [0.1, 0.15) is 39.4 Å². The zero-order valence-electron chi connectivity index (χ0n) is 11.2. The lowest BCUT2D eigenvalue weighted by molar-refractivity contribution is -0.137. The maximum absolute atomic E-state index is 12.8. The number of fused-ring (bicyclic) bond motifs is 1. The Balaban J connectivity index is 1.98. The van der Waals surface area contributed by atoms with Crippen molar-refractivity contribution in [1.29, 1.82) is 0 Å². The van der Waals surface area contributed by atoms with Crippen molar-refractivity contribution in [2.75, 3.05) is 0 Å². The van der Waals surface area contributed by atoms with Crippen molar-refractivity contribution in [3.8, 4) is 0 Å². The van der Waals surface area contributed by atoms with Gasteiger partial charge in [-0.1, -0.05) is 36.4 Å². The molecule has 0 fully saturated rings. The maximum atomic E-state index is 12.8. The Labute approximate surface area is 120 Å². The fraction of sp³-hybridized carbons (Fsp3) is 0.235. The van der Waals surface area contributed by atoms with Crippen molar-refractivity contribution < 1.29 is 18.0 Å². The molecule has 4 heteroatoms. The summed E-state index contributed by atoms with van der Waals surface area (Å²) in [7, 11) is 0. The molecule has 0 aliphatic heterocycles. The van der Waals surface area contributed by atoms with Crippen LogP contribution >= 0.6 is 0 Å². The fourth-order valence-corrected chi connectivity index (χ4v) is 2.85. The molecule has 1 aliphatic carbocycles. The molecule has 0 saturated heterocycles. The summed E-state index contributed by atoms with van der Waals surface area (Å²) in [6.07, 6.45) is -3.15. The molecule has 0 spiro atoms. The Kier molecular flexibility index (Phi) is 3.32. The first-order chi connectivity index (χ1) is 9.97. The van der Waals surface area contributed by atoms with E-state index in [1.165, 1.54) is 6.07 Å². The van der Waals surface area contributed by atoms with Crippen LogP contribution in [-0.4, -0.2) is 5.78 Å². The van der Waals surface area contributed by atoms with Crippen LogP contribution < -0.4 is 0 Å². The highest BCUT2D eigenvalue weighted by Crippen LogP contribution is 2.39. The molecule has 3 rings (SSSR count). The first-order valence-corrected chi connectivity index (χ1v) is 6.76. The van der Waals surface area contributed by atoms with Gasteiger partial charge in [0.2, 0.25) is 0 Å². The summed E-state index contributed by atoms with van der Waals surface area (Å²) in [6.45, 7) is 0. The van der Waals surface area contributed by atoms with Gasteiger partial charge in [0.15, 0.2) is 5.78 Å². The largest absolute Gasteiger partial charge is 0.416 e. The van der Waals surface area contributed by atoms with E-state index < -0.39 is 17.7 Å². The molecule has 0 radical (unpaired) electrons. The van der Waals surface area contributed by atoms with E-state index in [0.29, 0.717) is 24.0 Å². The molecule has 2 aromatic carbocycles. The Morgan fingerprint density at radius 3 is 2.43 bits per heavy atom. The molecule has 0 heterocycles. The van der Waals surface area contributed by atoms with Crippen LogP contribution in [0, 0.1) is 0 Å². The summed E-state index contributed by atoms with van der Waals surface area (Å²) in [5, 5.41) is 0. The second-order valence-electron chi connectivity index (χ2n) is 5.23. The summed E-state index contributed by atoms with van der Waals surface area (Å²) < 4.78 is 38.5. The lowest BCUT2D eigenvalue weighted by atomic mass is 9.91. The van der Waals surface area contributed by atoms with E-state index in [1.807, 2.05) is 0 Å². The predicted molar refractivity (Wildman–Crippen MR) is 73.3 cm³/mol. The highest BCUT2D eigenvalue weighted by atomic mass is 19.4. The Hall–Kier alpha value is -2.10. The van der Waals surface area contributed by atoms with E-state index in [9.17, 15) is 18.0 Å². The molecule has 21 heavy (non-hydrogen) atoms. The molecular weight excluding hydrogens is 277 g/mol. The Bertz CT molecular complexity index is 674. The van der Waals surface area contributed by atoms with Gasteiger partial charge in [0.1, 0.15) is 0 Å². The maximum Gasteiger partial charge on any atom is 0.416 e. The van der Waals surface area contributed by atoms with Crippen molar-refractivity contribution in [2.24, 2.45) is 0 Å². The lowest BCUT2D eigenvalue weighted by Crippen LogP contribution is -2.12. The van der Waals surface area contributed by atoms with Crippen LogP contribution in [0.25, 0.3) is 0 Å². The average Bonchev–Trinajstić information content (AvgIpc) is 2.89. The monoisotopic (exact) mass is 290 g/mol. The highest BCUT2D eigenvalue weighted by molar-refractivity contribution is 6.01. The van der Waals surface area contributed by atoms with Crippen LogP contribution in [-0.2, 0) is 12.6 Å². The van der Waals surface area contributed by atoms with E-state index >= 15 is 0 Å². The number of carbonyl (C=O) groups excluding carboxylic acids is 1. The average molecular weight is 290 g/mol. The molecule has 108 valence electrons. The van der Waals surface area contributed by atoms with E-state index in [1.54, 1.807) is 30.3 Å². The van der Waals surface area contributed by atoms with Crippen molar-refractivity contribution in [3.05, 3.63) is 70.8 Å². The number of hydrogen-bond acceptors (Lipinski definition) is 1. The van der Waals surface area contributed by atoms with Crippen molar-refractivity contribution in [2.45, 2.75) is 24.9 Å². The van der Waals surface area contributed by atoms with Crippen molar-refractivity contribution in [1.82, 2.24) is 0 Å². The minimum Gasteiger partial charge on any atom is -0.293 e. The second kappa shape index (κ2) is 5.02. The van der Waals surface area contributed by atoms with Crippen LogP contribution in [0.4, 0.5) is 13.2 Å². The zero-order valence-corrected chi connectivity index (χ0v) is 11.2. The standard InChI is InChI=1S/C17H13F3O/c18-17(19,20)13-8-6-11-7-9-14(15(11)10-13)16(21)12-4-2-1-3-5-12/h1-6,8,10,14H,7,9H2. The lowest BCUT2D eigenvalue weighted by Gasteiger charge is -2.13. The molecular formula is C17H13F3O. The summed E-state index contributed by atoms with van der Waals surface area (Å²) in [5.74, 6) is -0.571. The van der Waals surface area contributed by atoms with E-state index in [-0.39, 0.29) is 5.78 Å². The van der Waals surface area contributed by atoms with Gasteiger partial charge in [-0.25, -0.2) is 0 Å². The number of carbonyl (C=O) groups is 1. The molecule has 0 N–H and O–H groups in total. The summed E-state index contributed by atoms with van der Waals surface area (Å²) >= 11 is 0. The molecule has 1 atom stereocenters. The topological polar surface area (TPSA) is 17.1 Å². The molecule has 1 nitrogen and oxygen atoms in total. The van der Waals surface area contributed by atoms with E-state index in [2.05, 4.69) is 0 Å². The van der Waals surface area contributed by atoms with Gasteiger partial charge in [-0.05, 0) is 36.1 Å². The third-order valence-electron chi connectivity index (χ3n) is 3.93. The number of alkyl halides is 3. The first kappa shape index (κ1) is 13.9. The Morgan fingerprint density at radius 2 is 1.76 bits per heavy atom. The minimum atomic E-state index is -4.38. The molecule has 0 saturated carbocycles. The normalized spacial score (nSPS) is 17.6. The molecule has 0 aromatic heterocycles. The number of aryl methyl sites for hydroxylation is 1. The van der Waals surface area contributed by atoms with Crippen molar-refractivity contribution >= 4 is 5.78 Å². The number of rotatable bonds is 2. The van der Waals surface area contributed by atoms with Crippen LogP contribution in [0.3, 0.4) is 0 Å². The van der Waals surface area contributed by atoms with E-state index in [4.69, 9.17) is 0 Å². The molecule has 2 aromatic rings. The second-order valence-corrected chi connectivity index (χ2v) is 5.23. The number of Topliss-reactive ketones (excluding diaryl/α,β-unsaturated/α-hetero) is 1. The van der Waals surface area contributed by atoms with Gasteiger partial charge in [-0.3, -0.25) is 4.79 Å². The van der Waals surface area contributed by atoms with Gasteiger partial charge >= 0.3 is 6.18 Å². The first-order valence-electron chi connectivity index (χ1n) is 6.76. The molecule has 1 unspecified atom stereocenters. The molecule has 0 bridgehead atoms. The molecule has 1 aliphatic rings. The number of halogens is 3. The quantitative estimate of drug-likeness (QED) is 0.738. The fourth-order valence-electron chi connectivity index (χ4n) is 2.85. The van der Waals surface area contributed by atoms with Gasteiger partial charge < -0.3 is 0 Å². The number of hydrogen-bond donors (Lipinski definition) is 0. The highest BCUT2D eigenvalue weighted by Gasteiger charge is 2.35. The summed E-state index contributed by atoms with van der Waals surface area (Å²) in [5.41, 5.74) is 1.23. The van der Waals surface area contributed by atoms with Gasteiger partial charge in [-0.15, -0.1) is 0 Å². The zero-order chi connectivity index (χ0) is 15.0. The summed E-state index contributed by atoms with van der Waals surface area (Å²) in [6, 6.07) is 12.5. The van der Waals surface area contributed by atoms with Gasteiger partial charge in [0, 0.05) is 11.5 Å². The van der Waals surface area contributed by atoms with Gasteiger partial charge in [0.05, 0.1) is 5.56 Å². The number of benzene rings is 2. The third kappa shape index (κ3) is 2.58. The van der Waals surface area contributed by atoms with Gasteiger partial charge in [0.25, 0.3) is 0 Å². The predicted octanol–water partition coefficient (Wildman–Crippen LogP) is 4.62. The third-order valence-corrected chi connectivity index (χ3v) is 3.93. The number of ketones is 1. The van der Waals surface area contributed by atoms with Crippen LogP contribution in [0.15, 0.2) is 48.5 Å². The minimum absolute atomic E-state index is 0.103. The van der Waals surface area contributed by atoms with Crippen LogP contribution in [0.2, 0.25) is 0 Å². The van der Waals surface area contributed by atoms with Gasteiger partial charge in [-0.2, -0.15) is 13.2 Å². The summed E-state index contributed by atoms with van der Waals surface area (Å²) in [4.78, 5) is 12.5. The Morgan fingerprint density at radius 1 is 1.05 bits per heavy atom. The van der Waals surface area contributed by atoms with Crippen LogP contribution in [0.5, 0.6) is 0 Å².